The minimum absolute atomic E-state index is 0.753. The first kappa shape index (κ1) is 34.1. The first-order valence-electron chi connectivity index (χ1n) is 17.8. The second-order valence-electron chi connectivity index (χ2n) is 12.4. The van der Waals surface area contributed by atoms with Crippen LogP contribution in [0.1, 0.15) is 65.2 Å². The van der Waals surface area contributed by atoms with Crippen LogP contribution in [0.15, 0.2) is 121 Å². The molecule has 1 heterocycles. The third-order valence-electron chi connectivity index (χ3n) is 8.55. The maximum Gasteiger partial charge on any atom is 0.124 e. The van der Waals surface area contributed by atoms with Crippen molar-refractivity contribution in [1.29, 1.82) is 0 Å². The Morgan fingerprint density at radius 3 is 1.86 bits per heavy atom. The van der Waals surface area contributed by atoms with Gasteiger partial charge in [0, 0.05) is 34.0 Å². The van der Waals surface area contributed by atoms with E-state index >= 15 is 0 Å². The van der Waals surface area contributed by atoms with E-state index < -0.39 is 0 Å². The van der Waals surface area contributed by atoms with Gasteiger partial charge in [-0.3, -0.25) is 0 Å². The molecule has 1 aromatic heterocycles. The number of thiazole rings is 1. The molecule has 0 unspecified atom stereocenters. The van der Waals surface area contributed by atoms with E-state index in [4.69, 9.17) is 14.5 Å². The van der Waals surface area contributed by atoms with Gasteiger partial charge in [0.25, 0.3) is 0 Å². The molecule has 0 spiro atoms. The number of fused-ring (bicyclic) bond motifs is 1. The van der Waals surface area contributed by atoms with E-state index in [0.717, 1.165) is 93.2 Å². The molecule has 0 saturated carbocycles. The predicted molar refractivity (Wildman–Crippen MR) is 209 cm³/mol. The summed E-state index contributed by atoms with van der Waals surface area (Å²) in [6, 6.07) is 42.2. The van der Waals surface area contributed by atoms with Gasteiger partial charge in [-0.1, -0.05) is 70.6 Å². The van der Waals surface area contributed by atoms with Crippen LogP contribution in [0.2, 0.25) is 0 Å². The average Bonchev–Trinajstić information content (AvgIpc) is 3.57. The molecule has 5 aromatic carbocycles. The summed E-state index contributed by atoms with van der Waals surface area (Å²) < 4.78 is 13.0. The lowest BCUT2D eigenvalue weighted by molar-refractivity contribution is 0.305. The Labute approximate surface area is 295 Å². The minimum atomic E-state index is 0.753. The van der Waals surface area contributed by atoms with Gasteiger partial charge in [-0.15, -0.1) is 11.3 Å². The number of benzene rings is 5. The summed E-state index contributed by atoms with van der Waals surface area (Å²) in [5.41, 5.74) is 7.43. The Morgan fingerprint density at radius 2 is 1.14 bits per heavy atom. The monoisotopic (exact) mass is 669 g/mol. The van der Waals surface area contributed by atoms with Crippen LogP contribution >= 0.6 is 11.3 Å². The van der Waals surface area contributed by atoms with Gasteiger partial charge in [0.15, 0.2) is 0 Å². The van der Waals surface area contributed by atoms with Crippen molar-refractivity contribution in [3.63, 3.8) is 0 Å². The molecular formula is C43H47N3O2S. The third kappa shape index (κ3) is 9.42. The standard InChI is InChI=1S/C43H47N3O2S/c1-3-5-7-8-9-13-31-48-40-28-29-41-42(32-40)49-43(45-41)33-16-22-37(23-17-33)46(36-14-11-10-12-15-36)38-24-18-34(19-25-38)44-35-20-26-39(27-21-35)47-30-6-4-2/h10-12,14-29,32,44H,3-9,13,30-31H2,1-2H3. The number of hydrogen-bond acceptors (Lipinski definition) is 6. The summed E-state index contributed by atoms with van der Waals surface area (Å²) in [5, 5.41) is 4.53. The molecule has 252 valence electrons. The zero-order chi connectivity index (χ0) is 33.7. The van der Waals surface area contributed by atoms with E-state index in [-0.39, 0.29) is 0 Å². The average molecular weight is 670 g/mol. The zero-order valence-corrected chi connectivity index (χ0v) is 29.6. The molecular weight excluding hydrogens is 623 g/mol. The van der Waals surface area contributed by atoms with E-state index in [1.54, 1.807) is 11.3 Å². The molecule has 49 heavy (non-hydrogen) atoms. The summed E-state index contributed by atoms with van der Waals surface area (Å²) in [6.07, 6.45) is 9.77. The van der Waals surface area contributed by atoms with Crippen LogP contribution in [0, 0.1) is 0 Å². The fourth-order valence-corrected chi connectivity index (χ4v) is 6.80. The van der Waals surface area contributed by atoms with Crippen LogP contribution in [0.25, 0.3) is 20.8 Å². The molecule has 6 rings (SSSR count). The number of hydrogen-bond donors (Lipinski definition) is 1. The lowest BCUT2D eigenvalue weighted by Crippen LogP contribution is -2.09. The third-order valence-corrected chi connectivity index (χ3v) is 9.62. The topological polar surface area (TPSA) is 46.6 Å². The Hall–Kier alpha value is -4.81. The summed E-state index contributed by atoms with van der Waals surface area (Å²) >= 11 is 1.71. The van der Waals surface area contributed by atoms with E-state index in [0.29, 0.717) is 0 Å². The molecule has 0 aliphatic heterocycles. The normalized spacial score (nSPS) is 11.1. The highest BCUT2D eigenvalue weighted by atomic mass is 32.1. The smallest absolute Gasteiger partial charge is 0.124 e. The molecule has 0 bridgehead atoms. The van der Waals surface area contributed by atoms with E-state index in [9.17, 15) is 0 Å². The largest absolute Gasteiger partial charge is 0.494 e. The molecule has 6 heteroatoms. The van der Waals surface area contributed by atoms with E-state index in [1.165, 1.54) is 32.1 Å². The Morgan fingerprint density at radius 1 is 0.571 bits per heavy atom. The van der Waals surface area contributed by atoms with Crippen molar-refractivity contribution in [2.45, 2.75) is 65.2 Å². The predicted octanol–water partition coefficient (Wildman–Crippen LogP) is 13.1. The van der Waals surface area contributed by atoms with Gasteiger partial charge < -0.3 is 19.7 Å². The first-order valence-corrected chi connectivity index (χ1v) is 18.6. The number of rotatable bonds is 18. The van der Waals surface area contributed by atoms with Crippen LogP contribution in [0.3, 0.4) is 0 Å². The van der Waals surface area contributed by atoms with Crippen molar-refractivity contribution in [2.75, 3.05) is 23.4 Å². The molecule has 5 nitrogen and oxygen atoms in total. The van der Waals surface area contributed by atoms with Gasteiger partial charge >= 0.3 is 0 Å². The van der Waals surface area contributed by atoms with Crippen molar-refractivity contribution in [3.8, 4) is 22.1 Å². The quantitative estimate of drug-likeness (QED) is 0.0923. The highest BCUT2D eigenvalue weighted by molar-refractivity contribution is 7.21. The minimum Gasteiger partial charge on any atom is -0.494 e. The van der Waals surface area contributed by atoms with Crippen LogP contribution in [0.5, 0.6) is 11.5 Å². The van der Waals surface area contributed by atoms with Crippen LogP contribution in [0.4, 0.5) is 28.4 Å². The molecule has 0 saturated heterocycles. The number of unbranched alkanes of at least 4 members (excludes halogenated alkanes) is 6. The van der Waals surface area contributed by atoms with Gasteiger partial charge in [-0.25, -0.2) is 4.98 Å². The summed E-state index contributed by atoms with van der Waals surface area (Å²) in [5.74, 6) is 1.83. The second kappa shape index (κ2) is 17.5. The highest BCUT2D eigenvalue weighted by Crippen LogP contribution is 2.38. The Balaban J connectivity index is 1.13. The molecule has 0 amide bonds. The van der Waals surface area contributed by atoms with Gasteiger partial charge in [0.05, 0.1) is 23.4 Å². The summed E-state index contributed by atoms with van der Waals surface area (Å²) in [6.45, 7) is 5.95. The van der Waals surface area contributed by atoms with Gasteiger partial charge in [-0.2, -0.15) is 0 Å². The van der Waals surface area contributed by atoms with E-state index in [2.05, 4.69) is 127 Å². The maximum absolute atomic E-state index is 6.08. The number of anilines is 5. The first-order chi connectivity index (χ1) is 24.2. The highest BCUT2D eigenvalue weighted by Gasteiger charge is 2.14. The number of aromatic nitrogens is 1. The molecule has 0 fully saturated rings. The summed E-state index contributed by atoms with van der Waals surface area (Å²) in [4.78, 5) is 7.23. The molecule has 0 aliphatic rings. The molecule has 0 aliphatic carbocycles. The summed E-state index contributed by atoms with van der Waals surface area (Å²) in [7, 11) is 0. The molecule has 6 aromatic rings. The van der Waals surface area contributed by atoms with Crippen LogP contribution in [-0.2, 0) is 0 Å². The molecule has 0 atom stereocenters. The number of ether oxygens (including phenoxy) is 2. The van der Waals surface area contributed by atoms with E-state index in [1.807, 2.05) is 18.2 Å². The SMILES string of the molecule is CCCCCCCCOc1ccc2nc(-c3ccc(N(c4ccccc4)c4ccc(Nc5ccc(OCCCC)cc5)cc4)cc3)sc2c1. The van der Waals surface area contributed by atoms with Crippen molar-refractivity contribution in [2.24, 2.45) is 0 Å². The lowest BCUT2D eigenvalue weighted by atomic mass is 10.1. The van der Waals surface area contributed by atoms with Crippen LogP contribution < -0.4 is 19.7 Å². The second-order valence-corrected chi connectivity index (χ2v) is 13.4. The van der Waals surface area contributed by atoms with Gasteiger partial charge in [-0.05, 0) is 116 Å². The zero-order valence-electron chi connectivity index (χ0n) is 28.7. The van der Waals surface area contributed by atoms with Crippen LogP contribution in [-0.4, -0.2) is 18.2 Å². The maximum atomic E-state index is 6.08. The van der Waals surface area contributed by atoms with Gasteiger partial charge in [0.1, 0.15) is 16.5 Å². The van der Waals surface area contributed by atoms with Crippen molar-refractivity contribution < 1.29 is 9.47 Å². The van der Waals surface area contributed by atoms with Crippen molar-refractivity contribution in [1.82, 2.24) is 4.98 Å². The van der Waals surface area contributed by atoms with Crippen molar-refractivity contribution >= 4 is 50.0 Å². The molecule has 1 N–H and O–H groups in total. The fraction of sp³-hybridized carbons (Fsp3) is 0.279. The van der Waals surface area contributed by atoms with Crippen molar-refractivity contribution in [3.05, 3.63) is 121 Å². The number of nitrogens with zero attached hydrogens (tertiary/aromatic N) is 2. The Kier molecular flexibility index (Phi) is 12.2. The lowest BCUT2D eigenvalue weighted by Gasteiger charge is -2.25. The Bertz CT molecular complexity index is 1850. The number of nitrogens with one attached hydrogen (secondary N) is 1. The van der Waals surface area contributed by atoms with Gasteiger partial charge in [0.2, 0.25) is 0 Å². The fourth-order valence-electron chi connectivity index (χ4n) is 5.80. The molecule has 0 radical (unpaired) electrons. The number of para-hydroxylation sites is 1.